The third kappa shape index (κ3) is 2.33. The molecule has 0 saturated carbocycles. The van der Waals surface area contributed by atoms with Crippen molar-refractivity contribution in [3.63, 3.8) is 0 Å². The Morgan fingerprint density at radius 1 is 0.895 bits per heavy atom. The number of aromatic nitrogens is 2. The predicted octanol–water partition coefficient (Wildman–Crippen LogP) is 3.43. The number of nitrogens with zero attached hydrogens (tertiary/aromatic N) is 2. The fraction of sp³-hybridized carbons (Fsp3) is 0.0667. The van der Waals surface area contributed by atoms with Crippen molar-refractivity contribution in [1.82, 2.24) is 9.97 Å². The molecule has 3 aromatic rings. The van der Waals surface area contributed by atoms with Gasteiger partial charge in [0.15, 0.2) is 0 Å². The number of benzene rings is 2. The number of methoxy groups -OCH3 is 1. The summed E-state index contributed by atoms with van der Waals surface area (Å²) in [6.07, 6.45) is 1.49. The number of para-hydroxylation sites is 1. The first-order valence-corrected chi connectivity index (χ1v) is 5.88. The molecule has 1 aromatic heterocycles. The third-order valence-corrected chi connectivity index (χ3v) is 2.76. The van der Waals surface area contributed by atoms with Gasteiger partial charge in [0.1, 0.15) is 17.8 Å². The summed E-state index contributed by atoms with van der Waals surface area (Å²) in [6.45, 7) is 0. The maximum absolute atomic E-state index is 5.78. The van der Waals surface area contributed by atoms with Gasteiger partial charge in [0, 0.05) is 0 Å². The number of hydrogen-bond donors (Lipinski definition) is 0. The normalized spacial score (nSPS) is 10.4. The van der Waals surface area contributed by atoms with Crippen LogP contribution in [0.4, 0.5) is 0 Å². The molecular weight excluding hydrogens is 240 g/mol. The van der Waals surface area contributed by atoms with Gasteiger partial charge in [0.2, 0.25) is 5.88 Å². The Hall–Kier alpha value is -2.62. The first-order chi connectivity index (χ1) is 9.36. The maximum Gasteiger partial charge on any atom is 0.230 e. The zero-order chi connectivity index (χ0) is 13.1. The summed E-state index contributed by atoms with van der Waals surface area (Å²) in [5.41, 5.74) is 0.821. The van der Waals surface area contributed by atoms with Gasteiger partial charge in [0.05, 0.1) is 18.0 Å². The predicted molar refractivity (Wildman–Crippen MR) is 72.6 cm³/mol. The first-order valence-electron chi connectivity index (χ1n) is 5.88. The van der Waals surface area contributed by atoms with Gasteiger partial charge in [-0.25, -0.2) is 9.97 Å². The number of rotatable bonds is 3. The lowest BCUT2D eigenvalue weighted by Gasteiger charge is -2.08. The molecule has 0 atom stereocenters. The molecule has 0 aliphatic carbocycles. The highest BCUT2D eigenvalue weighted by molar-refractivity contribution is 5.84. The highest BCUT2D eigenvalue weighted by Gasteiger charge is 2.07. The molecule has 0 aliphatic rings. The lowest BCUT2D eigenvalue weighted by atomic mass is 10.2. The fourth-order valence-electron chi connectivity index (χ4n) is 1.82. The van der Waals surface area contributed by atoms with Crippen LogP contribution in [0.5, 0.6) is 17.4 Å². The van der Waals surface area contributed by atoms with Crippen LogP contribution in [0.3, 0.4) is 0 Å². The third-order valence-electron chi connectivity index (χ3n) is 2.76. The van der Waals surface area contributed by atoms with Crippen molar-refractivity contribution in [3.8, 4) is 17.4 Å². The molecule has 0 spiro atoms. The second kappa shape index (κ2) is 4.94. The SMILES string of the molecule is COc1ccc2ncnc(Oc3ccccc3)c2c1. The summed E-state index contributed by atoms with van der Waals surface area (Å²) >= 11 is 0. The Bertz CT molecular complexity index is 699. The lowest BCUT2D eigenvalue weighted by Crippen LogP contribution is -1.92. The van der Waals surface area contributed by atoms with E-state index in [9.17, 15) is 0 Å². The highest BCUT2D eigenvalue weighted by Crippen LogP contribution is 2.28. The standard InChI is InChI=1S/C15H12N2O2/c1-18-12-7-8-14-13(9-12)15(17-10-16-14)19-11-5-3-2-4-6-11/h2-10H,1H3. The second-order valence-electron chi connectivity index (χ2n) is 3.98. The molecule has 0 saturated heterocycles. The number of hydrogen-bond acceptors (Lipinski definition) is 4. The summed E-state index contributed by atoms with van der Waals surface area (Å²) in [5, 5.41) is 0.825. The minimum atomic E-state index is 0.523. The van der Waals surface area contributed by atoms with Gasteiger partial charge < -0.3 is 9.47 Å². The molecule has 0 aliphatic heterocycles. The second-order valence-corrected chi connectivity index (χ2v) is 3.98. The Kier molecular flexibility index (Phi) is 2.98. The summed E-state index contributed by atoms with van der Waals surface area (Å²) < 4.78 is 11.0. The molecule has 1 heterocycles. The summed E-state index contributed by atoms with van der Waals surface area (Å²) in [5.74, 6) is 2.01. The van der Waals surface area contributed by atoms with Gasteiger partial charge in [-0.05, 0) is 30.3 Å². The van der Waals surface area contributed by atoms with E-state index in [4.69, 9.17) is 9.47 Å². The van der Waals surface area contributed by atoms with Gasteiger partial charge in [-0.1, -0.05) is 18.2 Å². The molecule has 2 aromatic carbocycles. The van der Waals surface area contributed by atoms with Crippen molar-refractivity contribution >= 4 is 10.9 Å². The molecule has 0 amide bonds. The Morgan fingerprint density at radius 3 is 2.53 bits per heavy atom. The molecule has 0 fully saturated rings. The minimum Gasteiger partial charge on any atom is -0.497 e. The van der Waals surface area contributed by atoms with Crippen LogP contribution >= 0.6 is 0 Å². The summed E-state index contributed by atoms with van der Waals surface area (Å²) in [4.78, 5) is 8.40. The van der Waals surface area contributed by atoms with Crippen LogP contribution in [0, 0.1) is 0 Å². The van der Waals surface area contributed by atoms with E-state index in [1.807, 2.05) is 48.5 Å². The summed E-state index contributed by atoms with van der Waals surface area (Å²) in [6, 6.07) is 15.2. The highest BCUT2D eigenvalue weighted by atomic mass is 16.5. The summed E-state index contributed by atoms with van der Waals surface area (Å²) in [7, 11) is 1.63. The van der Waals surface area contributed by atoms with E-state index in [0.717, 1.165) is 22.4 Å². The quantitative estimate of drug-likeness (QED) is 0.716. The molecule has 0 unspecified atom stereocenters. The molecule has 19 heavy (non-hydrogen) atoms. The van der Waals surface area contributed by atoms with E-state index in [1.54, 1.807) is 7.11 Å². The fourth-order valence-corrected chi connectivity index (χ4v) is 1.82. The van der Waals surface area contributed by atoms with Gasteiger partial charge >= 0.3 is 0 Å². The zero-order valence-electron chi connectivity index (χ0n) is 10.4. The van der Waals surface area contributed by atoms with Gasteiger partial charge in [-0.15, -0.1) is 0 Å². The Labute approximate surface area is 110 Å². The monoisotopic (exact) mass is 252 g/mol. The van der Waals surface area contributed by atoms with Crippen molar-refractivity contribution in [2.24, 2.45) is 0 Å². The van der Waals surface area contributed by atoms with Crippen LogP contribution in [0.15, 0.2) is 54.9 Å². The van der Waals surface area contributed by atoms with E-state index < -0.39 is 0 Å². The number of fused-ring (bicyclic) bond motifs is 1. The number of ether oxygens (including phenoxy) is 2. The average Bonchev–Trinajstić information content (AvgIpc) is 2.48. The van der Waals surface area contributed by atoms with Crippen LogP contribution in [-0.4, -0.2) is 17.1 Å². The molecule has 0 radical (unpaired) electrons. The topological polar surface area (TPSA) is 44.2 Å². The van der Waals surface area contributed by atoms with Crippen LogP contribution in [-0.2, 0) is 0 Å². The van der Waals surface area contributed by atoms with Gasteiger partial charge in [-0.2, -0.15) is 0 Å². The van der Waals surface area contributed by atoms with E-state index in [2.05, 4.69) is 9.97 Å². The van der Waals surface area contributed by atoms with Crippen molar-refractivity contribution in [3.05, 3.63) is 54.9 Å². The zero-order valence-corrected chi connectivity index (χ0v) is 10.4. The maximum atomic E-state index is 5.78. The van der Waals surface area contributed by atoms with E-state index in [0.29, 0.717) is 5.88 Å². The molecule has 0 bridgehead atoms. The Balaban J connectivity index is 2.07. The Morgan fingerprint density at radius 2 is 1.74 bits per heavy atom. The molecule has 4 nitrogen and oxygen atoms in total. The first kappa shape index (κ1) is 11.5. The van der Waals surface area contributed by atoms with Crippen molar-refractivity contribution < 1.29 is 9.47 Å². The van der Waals surface area contributed by atoms with Crippen LogP contribution < -0.4 is 9.47 Å². The molecule has 3 rings (SSSR count). The lowest BCUT2D eigenvalue weighted by molar-refractivity contribution is 0.415. The van der Waals surface area contributed by atoms with Crippen LogP contribution in [0.1, 0.15) is 0 Å². The molecule has 4 heteroatoms. The van der Waals surface area contributed by atoms with Gasteiger partial charge in [-0.3, -0.25) is 0 Å². The van der Waals surface area contributed by atoms with E-state index >= 15 is 0 Å². The minimum absolute atomic E-state index is 0.523. The smallest absolute Gasteiger partial charge is 0.230 e. The van der Waals surface area contributed by atoms with Crippen molar-refractivity contribution in [2.45, 2.75) is 0 Å². The van der Waals surface area contributed by atoms with Crippen LogP contribution in [0.25, 0.3) is 10.9 Å². The van der Waals surface area contributed by atoms with Crippen molar-refractivity contribution in [2.75, 3.05) is 7.11 Å². The molecule has 0 N–H and O–H groups in total. The molecular formula is C15H12N2O2. The molecule has 94 valence electrons. The van der Waals surface area contributed by atoms with Gasteiger partial charge in [0.25, 0.3) is 0 Å². The van der Waals surface area contributed by atoms with Crippen LogP contribution in [0.2, 0.25) is 0 Å². The van der Waals surface area contributed by atoms with E-state index in [1.165, 1.54) is 6.33 Å². The van der Waals surface area contributed by atoms with Crippen molar-refractivity contribution in [1.29, 1.82) is 0 Å². The average molecular weight is 252 g/mol. The van der Waals surface area contributed by atoms with E-state index in [-0.39, 0.29) is 0 Å². The largest absolute Gasteiger partial charge is 0.497 e.